The van der Waals surface area contributed by atoms with Crippen molar-refractivity contribution in [2.24, 2.45) is 0 Å². The van der Waals surface area contributed by atoms with Gasteiger partial charge in [-0.2, -0.15) is 0 Å². The molecule has 0 fully saturated rings. The third-order valence-electron chi connectivity index (χ3n) is 4.27. The summed E-state index contributed by atoms with van der Waals surface area (Å²) in [6, 6.07) is 7.77. The molecule has 0 aliphatic carbocycles. The molecule has 3 heteroatoms. The first-order chi connectivity index (χ1) is 10.7. The normalized spacial score (nSPS) is 11.1. The van der Waals surface area contributed by atoms with Gasteiger partial charge in [0, 0.05) is 23.6 Å². The van der Waals surface area contributed by atoms with Crippen molar-refractivity contribution in [3.05, 3.63) is 36.0 Å². The summed E-state index contributed by atoms with van der Waals surface area (Å²) in [4.78, 5) is 11.3. The first-order valence-electron chi connectivity index (χ1n) is 8.55. The summed E-state index contributed by atoms with van der Waals surface area (Å²) in [6.07, 6.45) is 12.1. The van der Waals surface area contributed by atoms with Crippen molar-refractivity contribution in [3.63, 3.8) is 0 Å². The van der Waals surface area contributed by atoms with Gasteiger partial charge in [-0.25, -0.2) is 4.79 Å². The summed E-state index contributed by atoms with van der Waals surface area (Å²) in [7, 11) is 0. The molecule has 2 aromatic rings. The van der Waals surface area contributed by atoms with E-state index in [0.29, 0.717) is 5.56 Å². The summed E-state index contributed by atoms with van der Waals surface area (Å²) < 4.78 is 2.09. The van der Waals surface area contributed by atoms with Crippen LogP contribution in [0.5, 0.6) is 0 Å². The van der Waals surface area contributed by atoms with Gasteiger partial charge in [-0.15, -0.1) is 0 Å². The van der Waals surface area contributed by atoms with Gasteiger partial charge in [0.15, 0.2) is 0 Å². The Labute approximate surface area is 133 Å². The average molecular weight is 301 g/mol. The maximum atomic E-state index is 11.3. The topological polar surface area (TPSA) is 42.2 Å². The molecule has 0 radical (unpaired) electrons. The number of hydrogen-bond donors (Lipinski definition) is 1. The largest absolute Gasteiger partial charge is 0.478 e. The van der Waals surface area contributed by atoms with E-state index in [1.165, 1.54) is 44.9 Å². The monoisotopic (exact) mass is 301 g/mol. The molecule has 1 aromatic heterocycles. The van der Waals surface area contributed by atoms with Gasteiger partial charge in [-0.1, -0.05) is 70.1 Å². The number of para-hydroxylation sites is 1. The van der Waals surface area contributed by atoms with Crippen molar-refractivity contribution in [1.29, 1.82) is 0 Å². The molecule has 1 N–H and O–H groups in total. The van der Waals surface area contributed by atoms with E-state index in [1.807, 2.05) is 24.3 Å². The van der Waals surface area contributed by atoms with Crippen molar-refractivity contribution >= 4 is 16.9 Å². The molecule has 22 heavy (non-hydrogen) atoms. The summed E-state index contributed by atoms with van der Waals surface area (Å²) in [5.41, 5.74) is 1.44. The standard InChI is InChI=1S/C19H27NO2/c1-2-3-4-5-6-7-8-11-14-20-15-17(19(21)22)16-12-9-10-13-18(16)20/h9-10,12-13,15H,2-8,11,14H2,1H3,(H,21,22). The van der Waals surface area contributed by atoms with Gasteiger partial charge >= 0.3 is 5.97 Å². The van der Waals surface area contributed by atoms with Crippen LogP contribution in [0, 0.1) is 0 Å². The number of rotatable bonds is 10. The number of aryl methyl sites for hydroxylation is 1. The van der Waals surface area contributed by atoms with E-state index in [9.17, 15) is 9.90 Å². The number of carboxylic acids is 1. The highest BCUT2D eigenvalue weighted by Crippen LogP contribution is 2.22. The Morgan fingerprint density at radius 3 is 2.32 bits per heavy atom. The van der Waals surface area contributed by atoms with Crippen molar-refractivity contribution in [3.8, 4) is 0 Å². The molecule has 0 saturated carbocycles. The van der Waals surface area contributed by atoms with Crippen LogP contribution in [-0.4, -0.2) is 15.6 Å². The minimum Gasteiger partial charge on any atom is -0.478 e. The number of hydrogen-bond acceptors (Lipinski definition) is 1. The van der Waals surface area contributed by atoms with Gasteiger partial charge in [-0.05, 0) is 12.5 Å². The van der Waals surface area contributed by atoms with Crippen LogP contribution < -0.4 is 0 Å². The molecule has 3 nitrogen and oxygen atoms in total. The Kier molecular flexibility index (Phi) is 6.50. The number of aromatic carboxylic acids is 1. The van der Waals surface area contributed by atoms with Gasteiger partial charge < -0.3 is 9.67 Å². The van der Waals surface area contributed by atoms with Crippen molar-refractivity contribution in [1.82, 2.24) is 4.57 Å². The fourth-order valence-corrected chi connectivity index (χ4v) is 3.02. The minimum absolute atomic E-state index is 0.412. The van der Waals surface area contributed by atoms with Crippen molar-refractivity contribution < 1.29 is 9.90 Å². The van der Waals surface area contributed by atoms with E-state index < -0.39 is 5.97 Å². The number of carbonyl (C=O) groups is 1. The van der Waals surface area contributed by atoms with Crippen LogP contribution >= 0.6 is 0 Å². The lowest BCUT2D eigenvalue weighted by Crippen LogP contribution is -1.97. The zero-order valence-corrected chi connectivity index (χ0v) is 13.6. The van der Waals surface area contributed by atoms with Crippen LogP contribution in [-0.2, 0) is 6.54 Å². The molecule has 0 saturated heterocycles. The first kappa shape index (κ1) is 16.6. The Hall–Kier alpha value is -1.77. The molecule has 0 aliphatic heterocycles. The third-order valence-corrected chi connectivity index (χ3v) is 4.27. The lowest BCUT2D eigenvalue weighted by molar-refractivity contribution is 0.0699. The molecule has 1 heterocycles. The number of fused-ring (bicyclic) bond motifs is 1. The Morgan fingerprint density at radius 2 is 1.64 bits per heavy atom. The van der Waals surface area contributed by atoms with Gasteiger partial charge in [0.1, 0.15) is 0 Å². The van der Waals surface area contributed by atoms with Crippen molar-refractivity contribution in [2.75, 3.05) is 0 Å². The van der Waals surface area contributed by atoms with Crippen LogP contribution in [0.1, 0.15) is 68.6 Å². The van der Waals surface area contributed by atoms with E-state index in [0.717, 1.165) is 23.9 Å². The smallest absolute Gasteiger partial charge is 0.337 e. The molecule has 0 spiro atoms. The Balaban J connectivity index is 1.83. The maximum absolute atomic E-state index is 11.3. The number of unbranched alkanes of at least 4 members (excludes halogenated alkanes) is 7. The number of aromatic nitrogens is 1. The summed E-state index contributed by atoms with van der Waals surface area (Å²) in [6.45, 7) is 3.15. The number of carboxylic acid groups (broad SMARTS) is 1. The first-order valence-corrected chi connectivity index (χ1v) is 8.55. The Morgan fingerprint density at radius 1 is 1.00 bits per heavy atom. The van der Waals surface area contributed by atoms with Crippen LogP contribution in [0.2, 0.25) is 0 Å². The molecular formula is C19H27NO2. The zero-order valence-electron chi connectivity index (χ0n) is 13.6. The van der Waals surface area contributed by atoms with Crippen LogP contribution in [0.15, 0.2) is 30.5 Å². The fraction of sp³-hybridized carbons (Fsp3) is 0.526. The van der Waals surface area contributed by atoms with Crippen LogP contribution in [0.25, 0.3) is 10.9 Å². The third kappa shape index (κ3) is 4.36. The van der Waals surface area contributed by atoms with E-state index >= 15 is 0 Å². The summed E-state index contributed by atoms with van der Waals surface area (Å²) in [5.74, 6) is -0.842. The van der Waals surface area contributed by atoms with E-state index in [1.54, 1.807) is 6.20 Å². The van der Waals surface area contributed by atoms with E-state index in [-0.39, 0.29) is 0 Å². The number of nitrogens with zero attached hydrogens (tertiary/aromatic N) is 1. The second-order valence-corrected chi connectivity index (χ2v) is 6.03. The summed E-state index contributed by atoms with van der Waals surface area (Å²) in [5, 5.41) is 10.1. The molecule has 1 aromatic carbocycles. The van der Waals surface area contributed by atoms with Gasteiger partial charge in [0.25, 0.3) is 0 Å². The van der Waals surface area contributed by atoms with E-state index in [4.69, 9.17) is 0 Å². The highest BCUT2D eigenvalue weighted by molar-refractivity contribution is 6.03. The number of benzene rings is 1. The molecule has 0 atom stereocenters. The van der Waals surface area contributed by atoms with E-state index in [2.05, 4.69) is 11.5 Å². The molecule has 0 unspecified atom stereocenters. The lowest BCUT2D eigenvalue weighted by atomic mass is 10.1. The molecule has 0 aliphatic rings. The van der Waals surface area contributed by atoms with Gasteiger partial charge in [0.05, 0.1) is 5.56 Å². The molecule has 120 valence electrons. The average Bonchev–Trinajstić information content (AvgIpc) is 2.89. The van der Waals surface area contributed by atoms with Crippen molar-refractivity contribution in [2.45, 2.75) is 64.8 Å². The predicted molar refractivity (Wildman–Crippen MR) is 91.5 cm³/mol. The maximum Gasteiger partial charge on any atom is 0.337 e. The molecule has 0 amide bonds. The predicted octanol–water partition coefficient (Wildman–Crippen LogP) is 5.48. The van der Waals surface area contributed by atoms with Gasteiger partial charge in [0.2, 0.25) is 0 Å². The highest BCUT2D eigenvalue weighted by atomic mass is 16.4. The zero-order chi connectivity index (χ0) is 15.8. The Bertz CT molecular complexity index is 601. The second kappa shape index (κ2) is 8.62. The molecule has 0 bridgehead atoms. The van der Waals surface area contributed by atoms with Gasteiger partial charge in [-0.3, -0.25) is 0 Å². The lowest BCUT2D eigenvalue weighted by Gasteiger charge is -2.05. The summed E-state index contributed by atoms with van der Waals surface area (Å²) >= 11 is 0. The van der Waals surface area contributed by atoms with Crippen LogP contribution in [0.4, 0.5) is 0 Å². The highest BCUT2D eigenvalue weighted by Gasteiger charge is 2.12. The minimum atomic E-state index is -0.842. The van der Waals surface area contributed by atoms with Crippen LogP contribution in [0.3, 0.4) is 0 Å². The quantitative estimate of drug-likeness (QED) is 0.590. The molecular weight excluding hydrogens is 274 g/mol. The fourth-order valence-electron chi connectivity index (χ4n) is 3.02. The molecule has 2 rings (SSSR count). The second-order valence-electron chi connectivity index (χ2n) is 6.03. The SMILES string of the molecule is CCCCCCCCCCn1cc(C(=O)O)c2ccccc21.